The van der Waals surface area contributed by atoms with Gasteiger partial charge in [0.05, 0.1) is 12.1 Å². The molecular formula is C16H16N2O4. The summed E-state index contributed by atoms with van der Waals surface area (Å²) in [5.41, 5.74) is 0.262. The van der Waals surface area contributed by atoms with Crippen LogP contribution < -0.4 is 0 Å². The van der Waals surface area contributed by atoms with Gasteiger partial charge in [-0.05, 0) is 12.0 Å². The minimum Gasteiger partial charge on any atom is -0.481 e. The van der Waals surface area contributed by atoms with Crippen molar-refractivity contribution in [2.24, 2.45) is 0 Å². The third-order valence-corrected chi connectivity index (χ3v) is 4.18. The molecule has 2 aromatic rings. The van der Waals surface area contributed by atoms with E-state index in [-0.39, 0.29) is 18.9 Å². The first-order valence-corrected chi connectivity index (χ1v) is 7.08. The largest absolute Gasteiger partial charge is 0.481 e. The summed E-state index contributed by atoms with van der Waals surface area (Å²) in [6, 6.07) is 10.7. The second kappa shape index (κ2) is 5.63. The SMILES string of the molecule is O=C(Cc1ccon1)N1CCC(C(=O)O)(c2ccccc2)C1. The molecule has 22 heavy (non-hydrogen) atoms. The summed E-state index contributed by atoms with van der Waals surface area (Å²) in [6.45, 7) is 0.612. The molecule has 0 saturated carbocycles. The second-order valence-electron chi connectivity index (χ2n) is 5.49. The molecule has 1 N–H and O–H groups in total. The van der Waals surface area contributed by atoms with Crippen molar-refractivity contribution in [1.29, 1.82) is 0 Å². The monoisotopic (exact) mass is 300 g/mol. The number of hydrogen-bond donors (Lipinski definition) is 1. The van der Waals surface area contributed by atoms with Crippen LogP contribution in [-0.4, -0.2) is 40.1 Å². The molecule has 0 aliphatic carbocycles. The normalized spacial score (nSPS) is 21.0. The molecule has 1 saturated heterocycles. The van der Waals surface area contributed by atoms with E-state index in [0.717, 1.165) is 5.56 Å². The van der Waals surface area contributed by atoms with Crippen molar-refractivity contribution in [3.63, 3.8) is 0 Å². The third-order valence-electron chi connectivity index (χ3n) is 4.18. The van der Waals surface area contributed by atoms with Gasteiger partial charge in [0.2, 0.25) is 5.91 Å². The molecule has 1 unspecified atom stereocenters. The van der Waals surface area contributed by atoms with Crippen molar-refractivity contribution in [1.82, 2.24) is 10.1 Å². The van der Waals surface area contributed by atoms with Gasteiger partial charge in [-0.15, -0.1) is 0 Å². The molecule has 0 spiro atoms. The summed E-state index contributed by atoms with van der Waals surface area (Å²) in [5, 5.41) is 13.4. The maximum Gasteiger partial charge on any atom is 0.316 e. The quantitative estimate of drug-likeness (QED) is 0.924. The number of hydrogen-bond acceptors (Lipinski definition) is 4. The maximum absolute atomic E-state index is 12.3. The van der Waals surface area contributed by atoms with Crippen molar-refractivity contribution in [3.8, 4) is 0 Å². The standard InChI is InChI=1S/C16H16N2O4/c19-14(10-13-6-9-22-17-13)18-8-7-16(11-18,15(20)21)12-4-2-1-3-5-12/h1-6,9H,7-8,10-11H2,(H,20,21). The lowest BCUT2D eigenvalue weighted by Crippen LogP contribution is -2.40. The Kier molecular flexibility index (Phi) is 3.66. The van der Waals surface area contributed by atoms with E-state index in [4.69, 9.17) is 4.52 Å². The smallest absolute Gasteiger partial charge is 0.316 e. The molecule has 1 aromatic heterocycles. The molecule has 6 nitrogen and oxygen atoms in total. The van der Waals surface area contributed by atoms with Crippen molar-refractivity contribution in [2.75, 3.05) is 13.1 Å². The highest BCUT2D eigenvalue weighted by atomic mass is 16.5. The van der Waals surface area contributed by atoms with Gasteiger partial charge in [-0.3, -0.25) is 9.59 Å². The predicted octanol–water partition coefficient (Wildman–Crippen LogP) is 1.47. The summed E-state index contributed by atoms with van der Waals surface area (Å²) in [4.78, 5) is 25.7. The number of aliphatic carboxylic acids is 1. The zero-order valence-corrected chi connectivity index (χ0v) is 11.9. The second-order valence-corrected chi connectivity index (χ2v) is 5.49. The van der Waals surface area contributed by atoms with Crippen molar-refractivity contribution < 1.29 is 19.2 Å². The van der Waals surface area contributed by atoms with Crippen molar-refractivity contribution in [3.05, 3.63) is 53.9 Å². The topological polar surface area (TPSA) is 83.6 Å². The van der Waals surface area contributed by atoms with E-state index >= 15 is 0 Å². The molecule has 114 valence electrons. The van der Waals surface area contributed by atoms with Crippen LogP contribution in [0.2, 0.25) is 0 Å². The fourth-order valence-corrected chi connectivity index (χ4v) is 2.91. The number of nitrogens with zero attached hydrogens (tertiary/aromatic N) is 2. The average Bonchev–Trinajstić information content (AvgIpc) is 3.18. The lowest BCUT2D eigenvalue weighted by molar-refractivity contribution is -0.143. The molecule has 0 bridgehead atoms. The van der Waals surface area contributed by atoms with Crippen LogP contribution in [0.3, 0.4) is 0 Å². The van der Waals surface area contributed by atoms with Crippen molar-refractivity contribution in [2.45, 2.75) is 18.3 Å². The van der Waals surface area contributed by atoms with Gasteiger partial charge in [0.1, 0.15) is 11.7 Å². The minimum absolute atomic E-state index is 0.126. The first-order chi connectivity index (χ1) is 10.6. The fourth-order valence-electron chi connectivity index (χ4n) is 2.91. The van der Waals surface area contributed by atoms with E-state index in [0.29, 0.717) is 18.7 Å². The number of rotatable bonds is 4. The molecule has 0 radical (unpaired) electrons. The molecule has 1 aromatic carbocycles. The Morgan fingerprint density at radius 1 is 1.27 bits per heavy atom. The summed E-state index contributed by atoms with van der Waals surface area (Å²) in [7, 11) is 0. The Balaban J connectivity index is 1.79. The van der Waals surface area contributed by atoms with Crippen LogP contribution in [0.15, 0.2) is 47.2 Å². The van der Waals surface area contributed by atoms with E-state index in [1.807, 2.05) is 18.2 Å². The van der Waals surface area contributed by atoms with E-state index in [9.17, 15) is 14.7 Å². The van der Waals surface area contributed by atoms with Gasteiger partial charge in [0.25, 0.3) is 0 Å². The molecule has 1 amide bonds. The Morgan fingerprint density at radius 3 is 2.68 bits per heavy atom. The Bertz CT molecular complexity index is 669. The van der Waals surface area contributed by atoms with Crippen LogP contribution in [0.5, 0.6) is 0 Å². The number of amides is 1. The fraction of sp³-hybridized carbons (Fsp3) is 0.312. The van der Waals surface area contributed by atoms with Crippen LogP contribution in [0, 0.1) is 0 Å². The third kappa shape index (κ3) is 2.47. The van der Waals surface area contributed by atoms with E-state index in [1.165, 1.54) is 6.26 Å². The highest BCUT2D eigenvalue weighted by Crippen LogP contribution is 2.35. The zero-order chi connectivity index (χ0) is 15.6. The number of benzene rings is 1. The first-order valence-electron chi connectivity index (χ1n) is 7.08. The lowest BCUT2D eigenvalue weighted by Gasteiger charge is -2.25. The number of aromatic nitrogens is 1. The molecule has 1 aliphatic heterocycles. The van der Waals surface area contributed by atoms with Gasteiger partial charge >= 0.3 is 5.97 Å². The Labute approximate surface area is 127 Å². The number of carboxylic acid groups (broad SMARTS) is 1. The maximum atomic E-state index is 12.3. The lowest BCUT2D eigenvalue weighted by atomic mass is 9.80. The Hall–Kier alpha value is -2.63. The summed E-state index contributed by atoms with van der Waals surface area (Å²) in [5.74, 6) is -1.02. The molecule has 1 fully saturated rings. The molecule has 1 atom stereocenters. The van der Waals surface area contributed by atoms with Crippen LogP contribution in [-0.2, 0) is 21.4 Å². The summed E-state index contributed by atoms with van der Waals surface area (Å²) < 4.78 is 4.71. The van der Waals surface area contributed by atoms with Crippen molar-refractivity contribution >= 4 is 11.9 Å². The van der Waals surface area contributed by atoms with Gasteiger partial charge in [-0.1, -0.05) is 35.5 Å². The number of carbonyl (C=O) groups is 2. The average molecular weight is 300 g/mol. The van der Waals surface area contributed by atoms with E-state index in [2.05, 4.69) is 5.16 Å². The van der Waals surface area contributed by atoms with Gasteiger partial charge in [0, 0.05) is 19.2 Å². The zero-order valence-electron chi connectivity index (χ0n) is 11.9. The number of carboxylic acids is 1. The van der Waals surface area contributed by atoms with E-state index in [1.54, 1.807) is 23.1 Å². The Morgan fingerprint density at radius 2 is 2.05 bits per heavy atom. The number of likely N-dealkylation sites (tertiary alicyclic amines) is 1. The van der Waals surface area contributed by atoms with Crippen LogP contribution >= 0.6 is 0 Å². The number of carbonyl (C=O) groups excluding carboxylic acids is 1. The molecular weight excluding hydrogens is 284 g/mol. The summed E-state index contributed by atoms with van der Waals surface area (Å²) >= 11 is 0. The van der Waals surface area contributed by atoms with Gasteiger partial charge in [0.15, 0.2) is 0 Å². The highest BCUT2D eigenvalue weighted by Gasteiger charge is 2.47. The molecule has 1 aliphatic rings. The predicted molar refractivity (Wildman–Crippen MR) is 77.2 cm³/mol. The van der Waals surface area contributed by atoms with Gasteiger partial charge in [-0.25, -0.2) is 0 Å². The van der Waals surface area contributed by atoms with Crippen LogP contribution in [0.1, 0.15) is 17.7 Å². The molecule has 3 rings (SSSR count). The van der Waals surface area contributed by atoms with E-state index < -0.39 is 11.4 Å². The minimum atomic E-state index is -1.03. The first kappa shape index (κ1) is 14.3. The van der Waals surface area contributed by atoms with Gasteiger partial charge < -0.3 is 14.5 Å². The molecule has 2 heterocycles. The highest BCUT2D eigenvalue weighted by molar-refractivity contribution is 5.85. The molecule has 6 heteroatoms. The van der Waals surface area contributed by atoms with Crippen LogP contribution in [0.4, 0.5) is 0 Å². The summed E-state index contributed by atoms with van der Waals surface area (Å²) in [6.07, 6.45) is 1.95. The van der Waals surface area contributed by atoms with Gasteiger partial charge in [-0.2, -0.15) is 0 Å². The van der Waals surface area contributed by atoms with Crippen LogP contribution in [0.25, 0.3) is 0 Å².